The van der Waals surface area contributed by atoms with Gasteiger partial charge in [0.2, 0.25) is 5.91 Å². The van der Waals surface area contributed by atoms with Crippen LogP contribution in [-0.4, -0.2) is 27.9 Å². The number of carbonyl (C=O) groups excluding carboxylic acids is 1. The number of aliphatic carboxylic acids is 1. The second kappa shape index (κ2) is 4.68. The molecule has 0 aromatic heterocycles. The van der Waals surface area contributed by atoms with Crippen LogP contribution in [0.1, 0.15) is 36.0 Å². The molecule has 100 valence electrons. The third-order valence-corrected chi connectivity index (χ3v) is 4.13. The molecule has 0 bridgehead atoms. The van der Waals surface area contributed by atoms with Crippen LogP contribution < -0.4 is 0 Å². The van der Waals surface area contributed by atoms with Crippen LogP contribution in [0, 0.1) is 0 Å². The summed E-state index contributed by atoms with van der Waals surface area (Å²) in [6.45, 7) is 0.420. The summed E-state index contributed by atoms with van der Waals surface area (Å²) < 4.78 is 0. The maximum Gasteiger partial charge on any atom is 0.326 e. The van der Waals surface area contributed by atoms with E-state index in [4.69, 9.17) is 5.11 Å². The molecular weight excluding hydrogens is 242 g/mol. The van der Waals surface area contributed by atoms with E-state index in [1.165, 1.54) is 22.4 Å². The Morgan fingerprint density at radius 1 is 1.26 bits per heavy atom. The molecule has 0 spiro atoms. The molecule has 2 aliphatic rings. The first-order valence-electron chi connectivity index (χ1n) is 6.78. The highest BCUT2D eigenvalue weighted by Crippen LogP contribution is 2.26. The zero-order chi connectivity index (χ0) is 13.4. The summed E-state index contributed by atoms with van der Waals surface area (Å²) in [4.78, 5) is 24.4. The van der Waals surface area contributed by atoms with Crippen LogP contribution in [0.2, 0.25) is 0 Å². The minimum Gasteiger partial charge on any atom is -0.480 e. The van der Waals surface area contributed by atoms with Gasteiger partial charge in [0.1, 0.15) is 6.04 Å². The van der Waals surface area contributed by atoms with Crippen LogP contribution in [0.15, 0.2) is 18.2 Å². The van der Waals surface area contributed by atoms with Gasteiger partial charge in [-0.15, -0.1) is 0 Å². The Hall–Kier alpha value is -1.84. The van der Waals surface area contributed by atoms with E-state index in [1.54, 1.807) is 0 Å². The van der Waals surface area contributed by atoms with Gasteiger partial charge in [-0.2, -0.15) is 0 Å². The highest BCUT2D eigenvalue weighted by Gasteiger charge is 2.35. The van der Waals surface area contributed by atoms with Crippen molar-refractivity contribution in [1.82, 2.24) is 4.90 Å². The standard InChI is InChI=1S/C15H17NO3/c17-14-7-6-13(15(18)19)16(14)9-10-4-5-11-2-1-3-12(11)8-10/h4-5,8,13H,1-3,6-7,9H2,(H,18,19). The van der Waals surface area contributed by atoms with E-state index < -0.39 is 12.0 Å². The molecule has 1 fully saturated rings. The zero-order valence-electron chi connectivity index (χ0n) is 10.8. The van der Waals surface area contributed by atoms with Crippen LogP contribution in [0.25, 0.3) is 0 Å². The minimum atomic E-state index is -0.896. The lowest BCUT2D eigenvalue weighted by atomic mass is 10.1. The van der Waals surface area contributed by atoms with Crippen molar-refractivity contribution in [1.29, 1.82) is 0 Å². The van der Waals surface area contributed by atoms with Crippen molar-refractivity contribution >= 4 is 11.9 Å². The lowest BCUT2D eigenvalue weighted by Crippen LogP contribution is -2.37. The van der Waals surface area contributed by atoms with Crippen molar-refractivity contribution in [2.75, 3.05) is 0 Å². The molecule has 1 aliphatic heterocycles. The third kappa shape index (κ3) is 2.23. The molecule has 3 rings (SSSR count). The number of rotatable bonds is 3. The molecule has 1 unspecified atom stereocenters. The summed E-state index contributed by atoms with van der Waals surface area (Å²) in [5.41, 5.74) is 3.80. The lowest BCUT2D eigenvalue weighted by molar-refractivity contribution is -0.146. The summed E-state index contributed by atoms with van der Waals surface area (Å²) in [5.74, 6) is -0.945. The van der Waals surface area contributed by atoms with Gasteiger partial charge < -0.3 is 10.0 Å². The largest absolute Gasteiger partial charge is 0.480 e. The Bertz CT molecular complexity index is 538. The predicted molar refractivity (Wildman–Crippen MR) is 69.7 cm³/mol. The summed E-state index contributed by atoms with van der Waals surface area (Å²) in [6.07, 6.45) is 4.20. The van der Waals surface area contributed by atoms with Gasteiger partial charge in [0.25, 0.3) is 0 Å². The molecule has 1 heterocycles. The van der Waals surface area contributed by atoms with Crippen LogP contribution >= 0.6 is 0 Å². The fourth-order valence-electron chi connectivity index (χ4n) is 3.11. The number of aryl methyl sites for hydroxylation is 2. The number of amides is 1. The summed E-state index contributed by atoms with van der Waals surface area (Å²) in [7, 11) is 0. The summed E-state index contributed by atoms with van der Waals surface area (Å²) in [5, 5.41) is 9.14. The molecule has 1 N–H and O–H groups in total. The second-order valence-electron chi connectivity index (χ2n) is 5.37. The minimum absolute atomic E-state index is 0.0482. The first kappa shape index (κ1) is 12.2. The van der Waals surface area contributed by atoms with Crippen molar-refractivity contribution in [3.8, 4) is 0 Å². The predicted octanol–water partition coefficient (Wildman–Crippen LogP) is 1.75. The summed E-state index contributed by atoms with van der Waals surface area (Å²) in [6, 6.07) is 5.62. The van der Waals surface area contributed by atoms with E-state index in [1.807, 2.05) is 6.07 Å². The number of hydrogen-bond acceptors (Lipinski definition) is 2. The molecule has 1 atom stereocenters. The fraction of sp³-hybridized carbons (Fsp3) is 0.467. The Morgan fingerprint density at radius 2 is 2.05 bits per heavy atom. The molecule has 1 aliphatic carbocycles. The number of benzene rings is 1. The third-order valence-electron chi connectivity index (χ3n) is 4.13. The Labute approximate surface area is 112 Å². The number of nitrogens with zero attached hydrogens (tertiary/aromatic N) is 1. The van der Waals surface area contributed by atoms with Gasteiger partial charge in [0.15, 0.2) is 0 Å². The quantitative estimate of drug-likeness (QED) is 0.899. The fourth-order valence-corrected chi connectivity index (χ4v) is 3.11. The van der Waals surface area contributed by atoms with Gasteiger partial charge in [-0.05, 0) is 42.4 Å². The van der Waals surface area contributed by atoms with E-state index >= 15 is 0 Å². The molecule has 4 heteroatoms. The number of fused-ring (bicyclic) bond motifs is 1. The molecule has 1 amide bonds. The molecule has 1 aromatic rings. The van der Waals surface area contributed by atoms with E-state index in [-0.39, 0.29) is 5.91 Å². The van der Waals surface area contributed by atoms with Gasteiger partial charge in [-0.1, -0.05) is 18.2 Å². The average molecular weight is 259 g/mol. The van der Waals surface area contributed by atoms with Crippen LogP contribution in [0.4, 0.5) is 0 Å². The number of carbonyl (C=O) groups is 2. The topological polar surface area (TPSA) is 57.6 Å². The van der Waals surface area contributed by atoms with Crippen LogP contribution in [-0.2, 0) is 29.0 Å². The molecule has 4 nitrogen and oxygen atoms in total. The highest BCUT2D eigenvalue weighted by molar-refractivity contribution is 5.87. The smallest absolute Gasteiger partial charge is 0.326 e. The van der Waals surface area contributed by atoms with E-state index in [0.717, 1.165) is 18.4 Å². The second-order valence-corrected chi connectivity index (χ2v) is 5.37. The van der Waals surface area contributed by atoms with E-state index in [9.17, 15) is 9.59 Å². The maximum atomic E-state index is 11.8. The van der Waals surface area contributed by atoms with Gasteiger partial charge in [-0.25, -0.2) is 4.79 Å². The average Bonchev–Trinajstić information content (AvgIpc) is 2.97. The highest BCUT2D eigenvalue weighted by atomic mass is 16.4. The van der Waals surface area contributed by atoms with Crippen molar-refractivity contribution in [3.63, 3.8) is 0 Å². The van der Waals surface area contributed by atoms with Crippen LogP contribution in [0.3, 0.4) is 0 Å². The van der Waals surface area contributed by atoms with E-state index in [0.29, 0.717) is 19.4 Å². The lowest BCUT2D eigenvalue weighted by Gasteiger charge is -2.22. The van der Waals surface area contributed by atoms with Gasteiger partial charge in [0.05, 0.1) is 0 Å². The molecule has 19 heavy (non-hydrogen) atoms. The van der Waals surface area contributed by atoms with Gasteiger partial charge in [-0.3, -0.25) is 4.79 Å². The monoisotopic (exact) mass is 259 g/mol. The Morgan fingerprint density at radius 3 is 2.84 bits per heavy atom. The van der Waals surface area contributed by atoms with Crippen molar-refractivity contribution in [2.24, 2.45) is 0 Å². The SMILES string of the molecule is O=C(O)C1CCC(=O)N1Cc1ccc2c(c1)CCC2. The Balaban J connectivity index is 1.80. The van der Waals surface area contributed by atoms with Crippen LogP contribution in [0.5, 0.6) is 0 Å². The molecule has 0 saturated carbocycles. The molecule has 1 saturated heterocycles. The van der Waals surface area contributed by atoms with Crippen molar-refractivity contribution in [3.05, 3.63) is 34.9 Å². The zero-order valence-corrected chi connectivity index (χ0v) is 10.8. The normalized spacial score (nSPS) is 21.8. The first-order chi connectivity index (χ1) is 9.15. The van der Waals surface area contributed by atoms with Gasteiger partial charge in [0, 0.05) is 13.0 Å². The molecular formula is C15H17NO3. The van der Waals surface area contributed by atoms with Gasteiger partial charge >= 0.3 is 5.97 Å². The number of likely N-dealkylation sites (tertiary alicyclic amines) is 1. The number of carboxylic acid groups (broad SMARTS) is 1. The maximum absolute atomic E-state index is 11.8. The van der Waals surface area contributed by atoms with Crippen molar-refractivity contribution in [2.45, 2.75) is 44.7 Å². The molecule has 1 aromatic carbocycles. The summed E-state index contributed by atoms with van der Waals surface area (Å²) >= 11 is 0. The van der Waals surface area contributed by atoms with Crippen molar-refractivity contribution < 1.29 is 14.7 Å². The molecule has 0 radical (unpaired) electrons. The first-order valence-corrected chi connectivity index (χ1v) is 6.78. The Kier molecular flexibility index (Phi) is 3.01. The van der Waals surface area contributed by atoms with E-state index in [2.05, 4.69) is 12.1 Å². The number of carboxylic acids is 1. The number of hydrogen-bond donors (Lipinski definition) is 1.